The van der Waals surface area contributed by atoms with Gasteiger partial charge in [0, 0.05) is 19.1 Å². The predicted molar refractivity (Wildman–Crippen MR) is 87.2 cm³/mol. The molecule has 2 aromatic rings. The highest BCUT2D eigenvalue weighted by Crippen LogP contribution is 2.32. The van der Waals surface area contributed by atoms with Gasteiger partial charge in [-0.3, -0.25) is 0 Å². The zero-order valence-electron chi connectivity index (χ0n) is 12.3. The topological polar surface area (TPSA) is 18.5 Å². The molecule has 21 heavy (non-hydrogen) atoms. The van der Waals surface area contributed by atoms with E-state index in [4.69, 9.17) is 21.1 Å². The monoisotopic (exact) mass is 304 g/mol. The SMILES string of the molecule is COC1CCCC(Oc2ccc3ccccc3c2CCl)C1. The van der Waals surface area contributed by atoms with Crippen LogP contribution < -0.4 is 4.74 Å². The summed E-state index contributed by atoms with van der Waals surface area (Å²) in [6.07, 6.45) is 4.90. The number of ether oxygens (including phenoxy) is 2. The molecule has 2 atom stereocenters. The maximum Gasteiger partial charge on any atom is 0.124 e. The molecule has 0 heterocycles. The Kier molecular flexibility index (Phi) is 4.67. The Morgan fingerprint density at radius 2 is 1.90 bits per heavy atom. The van der Waals surface area contributed by atoms with E-state index in [2.05, 4.69) is 24.3 Å². The molecule has 2 nitrogen and oxygen atoms in total. The first kappa shape index (κ1) is 14.7. The van der Waals surface area contributed by atoms with Gasteiger partial charge in [-0.05, 0) is 36.1 Å². The standard InChI is InChI=1S/C18H21ClO2/c1-20-14-6-4-7-15(11-14)21-18-10-9-13-5-2-3-8-16(13)17(18)12-19/h2-3,5,8-10,14-15H,4,6-7,11-12H2,1H3. The van der Waals surface area contributed by atoms with Crippen molar-refractivity contribution in [3.63, 3.8) is 0 Å². The molecule has 0 N–H and O–H groups in total. The van der Waals surface area contributed by atoms with Crippen LogP contribution in [0.5, 0.6) is 5.75 Å². The summed E-state index contributed by atoms with van der Waals surface area (Å²) < 4.78 is 11.7. The highest BCUT2D eigenvalue weighted by Gasteiger charge is 2.24. The third-order valence-corrected chi connectivity index (χ3v) is 4.60. The van der Waals surface area contributed by atoms with Crippen molar-refractivity contribution < 1.29 is 9.47 Å². The minimum atomic E-state index is 0.229. The first-order chi connectivity index (χ1) is 10.3. The summed E-state index contributed by atoms with van der Waals surface area (Å²) in [6, 6.07) is 12.5. The fraction of sp³-hybridized carbons (Fsp3) is 0.444. The van der Waals surface area contributed by atoms with Crippen molar-refractivity contribution in [1.82, 2.24) is 0 Å². The Morgan fingerprint density at radius 1 is 1.10 bits per heavy atom. The van der Waals surface area contributed by atoms with Crippen molar-refractivity contribution in [3.05, 3.63) is 42.0 Å². The third kappa shape index (κ3) is 3.17. The molecule has 112 valence electrons. The maximum absolute atomic E-state index is 6.25. The molecule has 1 aliphatic rings. The number of hydrogen-bond acceptors (Lipinski definition) is 2. The first-order valence-corrected chi connectivity index (χ1v) is 8.11. The molecule has 1 fully saturated rings. The van der Waals surface area contributed by atoms with Crippen LogP contribution in [-0.2, 0) is 10.6 Å². The van der Waals surface area contributed by atoms with Gasteiger partial charge in [0.2, 0.25) is 0 Å². The average Bonchev–Trinajstić information content (AvgIpc) is 2.55. The van der Waals surface area contributed by atoms with Crippen molar-refractivity contribution in [2.45, 2.75) is 43.8 Å². The Bertz CT molecular complexity index is 611. The summed E-state index contributed by atoms with van der Waals surface area (Å²) in [7, 11) is 1.78. The lowest BCUT2D eigenvalue weighted by Crippen LogP contribution is -2.29. The summed E-state index contributed by atoms with van der Waals surface area (Å²) in [5.74, 6) is 1.39. The predicted octanol–water partition coefficient (Wildman–Crippen LogP) is 4.92. The van der Waals surface area contributed by atoms with Crippen molar-refractivity contribution >= 4 is 22.4 Å². The van der Waals surface area contributed by atoms with Gasteiger partial charge in [-0.15, -0.1) is 11.6 Å². The summed E-state index contributed by atoms with van der Waals surface area (Å²) in [5.41, 5.74) is 1.09. The summed E-state index contributed by atoms with van der Waals surface area (Å²) in [4.78, 5) is 0. The van der Waals surface area contributed by atoms with E-state index in [0.717, 1.165) is 37.0 Å². The number of alkyl halides is 1. The van der Waals surface area contributed by atoms with Gasteiger partial charge in [-0.2, -0.15) is 0 Å². The zero-order valence-corrected chi connectivity index (χ0v) is 13.1. The first-order valence-electron chi connectivity index (χ1n) is 7.58. The molecule has 1 aliphatic carbocycles. The van der Waals surface area contributed by atoms with Gasteiger partial charge in [0.25, 0.3) is 0 Å². The average molecular weight is 305 g/mol. The molecule has 0 saturated heterocycles. The van der Waals surface area contributed by atoms with Gasteiger partial charge in [-0.25, -0.2) is 0 Å². The number of halogens is 1. The second-order valence-electron chi connectivity index (χ2n) is 5.66. The fourth-order valence-electron chi connectivity index (χ4n) is 3.17. The van der Waals surface area contributed by atoms with Crippen LogP contribution in [0.4, 0.5) is 0 Å². The fourth-order valence-corrected chi connectivity index (χ4v) is 3.44. The second kappa shape index (κ2) is 6.67. The molecule has 0 spiro atoms. The molecule has 2 unspecified atom stereocenters. The van der Waals surface area contributed by atoms with Crippen LogP contribution in [0.3, 0.4) is 0 Å². The molecule has 0 bridgehead atoms. The summed E-state index contributed by atoms with van der Waals surface area (Å²) >= 11 is 6.18. The van der Waals surface area contributed by atoms with Gasteiger partial charge >= 0.3 is 0 Å². The van der Waals surface area contributed by atoms with Crippen molar-refractivity contribution in [1.29, 1.82) is 0 Å². The van der Waals surface area contributed by atoms with Crippen LogP contribution in [0.25, 0.3) is 10.8 Å². The molecule has 0 amide bonds. The van der Waals surface area contributed by atoms with Crippen molar-refractivity contribution in [2.75, 3.05) is 7.11 Å². The van der Waals surface area contributed by atoms with Gasteiger partial charge in [-0.1, -0.05) is 30.3 Å². The number of benzene rings is 2. The molecule has 1 saturated carbocycles. The van der Waals surface area contributed by atoms with E-state index in [9.17, 15) is 0 Å². The minimum Gasteiger partial charge on any atom is -0.490 e. The van der Waals surface area contributed by atoms with E-state index in [1.165, 1.54) is 10.8 Å². The zero-order chi connectivity index (χ0) is 14.7. The van der Waals surface area contributed by atoms with E-state index in [1.807, 2.05) is 12.1 Å². The van der Waals surface area contributed by atoms with E-state index in [0.29, 0.717) is 12.0 Å². The Hall–Kier alpha value is -1.25. The summed E-state index contributed by atoms with van der Waals surface area (Å²) in [5, 5.41) is 2.39. The summed E-state index contributed by atoms with van der Waals surface area (Å²) in [6.45, 7) is 0. The van der Waals surface area contributed by atoms with E-state index < -0.39 is 0 Å². The van der Waals surface area contributed by atoms with Gasteiger partial charge in [0.15, 0.2) is 0 Å². The maximum atomic E-state index is 6.25. The normalized spacial score (nSPS) is 22.4. The lowest BCUT2D eigenvalue weighted by Gasteiger charge is -2.29. The lowest BCUT2D eigenvalue weighted by molar-refractivity contribution is 0.0208. The Labute approximate surface area is 131 Å². The minimum absolute atomic E-state index is 0.229. The van der Waals surface area contributed by atoms with E-state index in [-0.39, 0.29) is 6.10 Å². The quantitative estimate of drug-likeness (QED) is 0.747. The highest BCUT2D eigenvalue weighted by molar-refractivity contribution is 6.18. The van der Waals surface area contributed by atoms with Crippen LogP contribution >= 0.6 is 11.6 Å². The van der Waals surface area contributed by atoms with Crippen LogP contribution in [0.1, 0.15) is 31.2 Å². The molecular weight excluding hydrogens is 284 g/mol. The molecule has 0 aromatic heterocycles. The van der Waals surface area contributed by atoms with E-state index in [1.54, 1.807) is 7.11 Å². The second-order valence-corrected chi connectivity index (χ2v) is 5.93. The molecule has 3 rings (SSSR count). The molecule has 0 radical (unpaired) electrons. The largest absolute Gasteiger partial charge is 0.490 e. The Balaban J connectivity index is 1.86. The van der Waals surface area contributed by atoms with Crippen LogP contribution in [0.15, 0.2) is 36.4 Å². The molecular formula is C18H21ClO2. The molecule has 0 aliphatic heterocycles. The van der Waals surface area contributed by atoms with E-state index >= 15 is 0 Å². The van der Waals surface area contributed by atoms with Crippen molar-refractivity contribution in [3.8, 4) is 5.75 Å². The van der Waals surface area contributed by atoms with Gasteiger partial charge in [0.05, 0.1) is 12.0 Å². The lowest BCUT2D eigenvalue weighted by atomic mass is 9.94. The van der Waals surface area contributed by atoms with Crippen LogP contribution in [-0.4, -0.2) is 19.3 Å². The smallest absolute Gasteiger partial charge is 0.124 e. The molecule has 2 aromatic carbocycles. The number of methoxy groups -OCH3 is 1. The van der Waals surface area contributed by atoms with Gasteiger partial charge < -0.3 is 9.47 Å². The highest BCUT2D eigenvalue weighted by atomic mass is 35.5. The van der Waals surface area contributed by atoms with Crippen LogP contribution in [0.2, 0.25) is 0 Å². The Morgan fingerprint density at radius 3 is 2.71 bits per heavy atom. The van der Waals surface area contributed by atoms with Crippen molar-refractivity contribution in [2.24, 2.45) is 0 Å². The number of rotatable bonds is 4. The number of hydrogen-bond donors (Lipinski definition) is 0. The number of fused-ring (bicyclic) bond motifs is 1. The van der Waals surface area contributed by atoms with Gasteiger partial charge in [0.1, 0.15) is 11.9 Å². The third-order valence-electron chi connectivity index (χ3n) is 4.34. The molecule has 3 heteroatoms. The van der Waals surface area contributed by atoms with Crippen LogP contribution in [0, 0.1) is 0 Å².